The molecule has 96 valence electrons. The summed E-state index contributed by atoms with van der Waals surface area (Å²) in [5, 5.41) is 3.35. The Labute approximate surface area is 101 Å². The van der Waals surface area contributed by atoms with E-state index in [2.05, 4.69) is 14.7 Å². The van der Waals surface area contributed by atoms with E-state index in [-0.39, 0.29) is 5.82 Å². The maximum atomic E-state index is 13.3. The lowest BCUT2D eigenvalue weighted by molar-refractivity contribution is 0.106. The van der Waals surface area contributed by atoms with Crippen molar-refractivity contribution in [2.75, 3.05) is 0 Å². The molecule has 0 fully saturated rings. The molecule has 0 spiro atoms. The van der Waals surface area contributed by atoms with E-state index in [9.17, 15) is 13.2 Å². The minimum atomic E-state index is -2.85. The highest BCUT2D eigenvalue weighted by Crippen LogP contribution is 2.22. The van der Waals surface area contributed by atoms with Crippen LogP contribution in [-0.2, 0) is 0 Å². The summed E-state index contributed by atoms with van der Waals surface area (Å²) in [7, 11) is 0. The largest absolute Gasteiger partial charge is 0.333 e. The number of benzene rings is 1. The summed E-state index contributed by atoms with van der Waals surface area (Å²) in [4.78, 5) is 3.46. The van der Waals surface area contributed by atoms with Gasteiger partial charge in [0.05, 0.1) is 6.04 Å². The number of hydrogen-bond donors (Lipinski definition) is 1. The minimum Gasteiger partial charge on any atom is -0.333 e. The number of rotatable bonds is 3. The molecule has 0 aliphatic rings. The van der Waals surface area contributed by atoms with Gasteiger partial charge >= 0.3 is 6.43 Å². The molecule has 0 amide bonds. The second-order valence-corrected chi connectivity index (χ2v) is 3.78. The van der Waals surface area contributed by atoms with Crippen molar-refractivity contribution in [2.24, 2.45) is 5.73 Å². The van der Waals surface area contributed by atoms with Gasteiger partial charge in [0.1, 0.15) is 5.82 Å². The van der Waals surface area contributed by atoms with Gasteiger partial charge in [-0.3, -0.25) is 0 Å². The lowest BCUT2D eigenvalue weighted by atomic mass is 10.1. The minimum absolute atomic E-state index is 0.103. The van der Waals surface area contributed by atoms with Crippen LogP contribution in [0, 0.1) is 12.7 Å². The van der Waals surface area contributed by atoms with Crippen molar-refractivity contribution < 1.29 is 17.7 Å². The van der Waals surface area contributed by atoms with E-state index >= 15 is 0 Å². The standard InChI is InChI=1S/C11H10F3N3O/c1-5-2-3-6(4-7(5)12)8(15)10-16-11(9(13)14)18-17-10/h2-4,8-9H,15H2,1H3. The molecule has 0 saturated heterocycles. The summed E-state index contributed by atoms with van der Waals surface area (Å²) >= 11 is 0. The van der Waals surface area contributed by atoms with Crippen LogP contribution in [0.2, 0.25) is 0 Å². The first kappa shape index (κ1) is 12.6. The van der Waals surface area contributed by atoms with Crippen LogP contribution in [0.5, 0.6) is 0 Å². The molecular formula is C11H10F3N3O. The third kappa shape index (κ3) is 2.35. The molecule has 7 heteroatoms. The second-order valence-electron chi connectivity index (χ2n) is 3.78. The Balaban J connectivity index is 2.29. The molecule has 0 saturated carbocycles. The topological polar surface area (TPSA) is 64.9 Å². The molecule has 1 aromatic carbocycles. The van der Waals surface area contributed by atoms with Crippen molar-refractivity contribution in [3.8, 4) is 0 Å². The monoisotopic (exact) mass is 257 g/mol. The van der Waals surface area contributed by atoms with Crippen molar-refractivity contribution in [1.29, 1.82) is 0 Å². The fourth-order valence-electron chi connectivity index (χ4n) is 1.41. The summed E-state index contributed by atoms with van der Waals surface area (Å²) in [6.45, 7) is 1.61. The molecule has 0 bridgehead atoms. The van der Waals surface area contributed by atoms with Gasteiger partial charge in [0.2, 0.25) is 0 Å². The molecule has 2 rings (SSSR count). The molecule has 18 heavy (non-hydrogen) atoms. The van der Waals surface area contributed by atoms with Crippen LogP contribution in [0.3, 0.4) is 0 Å². The molecular weight excluding hydrogens is 247 g/mol. The fourth-order valence-corrected chi connectivity index (χ4v) is 1.41. The van der Waals surface area contributed by atoms with E-state index in [1.54, 1.807) is 19.1 Å². The number of aromatic nitrogens is 2. The van der Waals surface area contributed by atoms with Crippen LogP contribution < -0.4 is 5.73 Å². The van der Waals surface area contributed by atoms with Gasteiger partial charge in [-0.25, -0.2) is 4.39 Å². The third-order valence-electron chi connectivity index (χ3n) is 2.48. The first-order valence-corrected chi connectivity index (χ1v) is 5.12. The van der Waals surface area contributed by atoms with Crippen LogP contribution in [0.4, 0.5) is 13.2 Å². The average molecular weight is 257 g/mol. The van der Waals surface area contributed by atoms with Gasteiger partial charge in [0, 0.05) is 0 Å². The van der Waals surface area contributed by atoms with Crippen molar-refractivity contribution >= 4 is 0 Å². The zero-order valence-corrected chi connectivity index (χ0v) is 9.40. The van der Waals surface area contributed by atoms with Crippen LogP contribution in [-0.4, -0.2) is 10.1 Å². The zero-order valence-electron chi connectivity index (χ0n) is 9.40. The Kier molecular flexibility index (Phi) is 3.33. The lowest BCUT2D eigenvalue weighted by Crippen LogP contribution is -2.14. The van der Waals surface area contributed by atoms with Crippen molar-refractivity contribution in [3.05, 3.63) is 46.9 Å². The van der Waals surface area contributed by atoms with Gasteiger partial charge in [-0.15, -0.1) is 0 Å². The molecule has 0 radical (unpaired) electrons. The third-order valence-corrected chi connectivity index (χ3v) is 2.48. The highest BCUT2D eigenvalue weighted by Gasteiger charge is 2.21. The normalized spacial score (nSPS) is 13.0. The summed E-state index contributed by atoms with van der Waals surface area (Å²) in [6, 6.07) is 3.44. The summed E-state index contributed by atoms with van der Waals surface area (Å²) in [5.41, 5.74) is 6.61. The molecule has 2 N–H and O–H groups in total. The molecule has 4 nitrogen and oxygen atoms in total. The van der Waals surface area contributed by atoms with Gasteiger partial charge in [0.15, 0.2) is 5.82 Å². The Morgan fingerprint density at radius 3 is 2.61 bits per heavy atom. The van der Waals surface area contributed by atoms with E-state index in [1.165, 1.54) is 6.07 Å². The smallest absolute Gasteiger partial charge is 0.315 e. The molecule has 1 aromatic heterocycles. The van der Waals surface area contributed by atoms with E-state index in [0.29, 0.717) is 11.1 Å². The van der Waals surface area contributed by atoms with Gasteiger partial charge in [-0.1, -0.05) is 17.3 Å². The van der Waals surface area contributed by atoms with Crippen LogP contribution >= 0.6 is 0 Å². The van der Waals surface area contributed by atoms with Crippen LogP contribution in [0.1, 0.15) is 35.3 Å². The molecule has 0 aliphatic carbocycles. The SMILES string of the molecule is Cc1ccc(C(N)c2noc(C(F)F)n2)cc1F. The Morgan fingerprint density at radius 2 is 2.06 bits per heavy atom. The number of halogens is 3. The molecule has 0 aliphatic heterocycles. The molecule has 1 atom stereocenters. The number of aryl methyl sites for hydroxylation is 1. The Morgan fingerprint density at radius 1 is 1.33 bits per heavy atom. The molecule has 1 unspecified atom stereocenters. The lowest BCUT2D eigenvalue weighted by Gasteiger charge is -2.08. The summed E-state index contributed by atoms with van der Waals surface area (Å²) in [5.74, 6) is -1.33. The van der Waals surface area contributed by atoms with Gasteiger partial charge in [-0.2, -0.15) is 13.8 Å². The maximum absolute atomic E-state index is 13.3. The first-order chi connectivity index (χ1) is 8.49. The molecule has 2 aromatic rings. The molecule has 1 heterocycles. The van der Waals surface area contributed by atoms with Gasteiger partial charge < -0.3 is 10.3 Å². The number of alkyl halides is 2. The van der Waals surface area contributed by atoms with E-state index in [0.717, 1.165) is 0 Å². The van der Waals surface area contributed by atoms with Gasteiger partial charge in [0.25, 0.3) is 5.89 Å². The predicted octanol–water partition coefficient (Wildman–Crippen LogP) is 2.50. The highest BCUT2D eigenvalue weighted by molar-refractivity contribution is 5.28. The quantitative estimate of drug-likeness (QED) is 0.917. The second kappa shape index (κ2) is 4.77. The number of nitrogens with two attached hydrogens (primary N) is 1. The van der Waals surface area contributed by atoms with E-state index < -0.39 is 24.2 Å². The van der Waals surface area contributed by atoms with Crippen LogP contribution in [0.25, 0.3) is 0 Å². The van der Waals surface area contributed by atoms with Crippen LogP contribution in [0.15, 0.2) is 22.7 Å². The zero-order chi connectivity index (χ0) is 13.3. The van der Waals surface area contributed by atoms with Crippen molar-refractivity contribution in [1.82, 2.24) is 10.1 Å². The first-order valence-electron chi connectivity index (χ1n) is 5.12. The highest BCUT2D eigenvalue weighted by atomic mass is 19.3. The van der Waals surface area contributed by atoms with Crippen molar-refractivity contribution in [3.63, 3.8) is 0 Å². The summed E-state index contributed by atoms with van der Waals surface area (Å²) < 4.78 is 42.2. The Bertz CT molecular complexity index is 556. The summed E-state index contributed by atoms with van der Waals surface area (Å²) in [6.07, 6.45) is -2.85. The predicted molar refractivity (Wildman–Crippen MR) is 56.4 cm³/mol. The number of nitrogens with zero attached hydrogens (tertiary/aromatic N) is 2. The Hall–Kier alpha value is -1.89. The maximum Gasteiger partial charge on any atom is 0.315 e. The van der Waals surface area contributed by atoms with E-state index in [1.807, 2.05) is 0 Å². The average Bonchev–Trinajstić information content (AvgIpc) is 2.81. The van der Waals surface area contributed by atoms with E-state index in [4.69, 9.17) is 5.73 Å². The number of hydrogen-bond acceptors (Lipinski definition) is 4. The van der Waals surface area contributed by atoms with Gasteiger partial charge in [-0.05, 0) is 24.1 Å². The fraction of sp³-hybridized carbons (Fsp3) is 0.273. The van der Waals surface area contributed by atoms with Crippen molar-refractivity contribution in [2.45, 2.75) is 19.4 Å².